The second-order valence-corrected chi connectivity index (χ2v) is 7.82. The summed E-state index contributed by atoms with van der Waals surface area (Å²) in [4.78, 5) is 7.00. The van der Waals surface area contributed by atoms with Crippen molar-refractivity contribution in [3.05, 3.63) is 65.2 Å². The molecule has 3 aromatic carbocycles. The van der Waals surface area contributed by atoms with Crippen LogP contribution in [0, 0.1) is 0 Å². The molecule has 4 aromatic rings. The Balaban J connectivity index is 1.67. The van der Waals surface area contributed by atoms with Gasteiger partial charge in [-0.1, -0.05) is 24.3 Å². The number of para-hydroxylation sites is 1. The van der Waals surface area contributed by atoms with E-state index < -0.39 is 0 Å². The molecule has 1 N–H and O–H groups in total. The van der Waals surface area contributed by atoms with Crippen LogP contribution < -0.4 is 4.74 Å². The first-order chi connectivity index (χ1) is 13.1. The number of hydrogen-bond donors (Lipinski definition) is 1. The number of rotatable bonds is 5. The fourth-order valence-corrected chi connectivity index (χ4v) is 4.37. The minimum absolute atomic E-state index is 0.141. The van der Waals surface area contributed by atoms with Crippen molar-refractivity contribution in [2.45, 2.75) is 19.5 Å². The first-order valence-corrected chi connectivity index (χ1v) is 9.73. The minimum atomic E-state index is 0.141. The normalized spacial score (nSPS) is 12.7. The number of benzene rings is 3. The molecular formula is C22H22N2O2S. The van der Waals surface area contributed by atoms with Crippen molar-refractivity contribution in [3.63, 3.8) is 0 Å². The highest BCUT2D eigenvalue weighted by molar-refractivity contribution is 7.18. The predicted octanol–water partition coefficient (Wildman–Crippen LogP) is 5.36. The molecular weight excluding hydrogens is 356 g/mol. The number of methoxy groups -OCH3 is 1. The van der Waals surface area contributed by atoms with Crippen molar-refractivity contribution < 1.29 is 9.84 Å². The van der Waals surface area contributed by atoms with E-state index in [4.69, 9.17) is 9.72 Å². The van der Waals surface area contributed by atoms with Crippen LogP contribution in [0.4, 0.5) is 0 Å². The third-order valence-corrected chi connectivity index (χ3v) is 6.26. The summed E-state index contributed by atoms with van der Waals surface area (Å²) < 4.78 is 6.57. The van der Waals surface area contributed by atoms with E-state index in [1.165, 1.54) is 4.70 Å². The topological polar surface area (TPSA) is 45.6 Å². The molecule has 0 unspecified atom stereocenters. The number of nitrogens with zero attached hydrogens (tertiary/aromatic N) is 2. The first-order valence-electron chi connectivity index (χ1n) is 8.91. The number of ether oxygens (including phenoxy) is 1. The van der Waals surface area contributed by atoms with Gasteiger partial charge in [0.15, 0.2) is 0 Å². The van der Waals surface area contributed by atoms with Crippen LogP contribution in [0.25, 0.3) is 21.0 Å². The monoisotopic (exact) mass is 378 g/mol. The molecule has 0 aliphatic rings. The molecule has 1 aromatic heterocycles. The van der Waals surface area contributed by atoms with Crippen LogP contribution in [0.2, 0.25) is 0 Å². The number of hydrogen-bond acceptors (Lipinski definition) is 5. The lowest BCUT2D eigenvalue weighted by molar-refractivity contribution is 0.250. The van der Waals surface area contributed by atoms with Crippen LogP contribution in [0.3, 0.4) is 0 Å². The van der Waals surface area contributed by atoms with Crippen molar-refractivity contribution in [1.29, 1.82) is 0 Å². The molecule has 0 amide bonds. The van der Waals surface area contributed by atoms with E-state index in [1.807, 2.05) is 42.5 Å². The molecule has 138 valence electrons. The van der Waals surface area contributed by atoms with Crippen molar-refractivity contribution >= 4 is 32.3 Å². The van der Waals surface area contributed by atoms with Gasteiger partial charge in [0, 0.05) is 12.1 Å². The van der Waals surface area contributed by atoms with Gasteiger partial charge in [-0.05, 0) is 55.1 Å². The van der Waals surface area contributed by atoms with Gasteiger partial charge in [0.05, 0.1) is 23.4 Å². The molecule has 27 heavy (non-hydrogen) atoms. The summed E-state index contributed by atoms with van der Waals surface area (Å²) in [6.45, 7) is 2.77. The van der Waals surface area contributed by atoms with E-state index in [2.05, 4.69) is 24.9 Å². The molecule has 4 nitrogen and oxygen atoms in total. The third-order valence-electron chi connectivity index (χ3n) is 5.05. The van der Waals surface area contributed by atoms with Crippen molar-refractivity contribution in [3.8, 4) is 11.5 Å². The zero-order valence-corrected chi connectivity index (χ0v) is 16.5. The van der Waals surface area contributed by atoms with Crippen LogP contribution in [-0.4, -0.2) is 29.1 Å². The van der Waals surface area contributed by atoms with Crippen LogP contribution >= 0.6 is 11.3 Å². The minimum Gasteiger partial charge on any atom is -0.508 e. The number of phenolic OH excluding ortho intramolecular Hbond substituents is 1. The van der Waals surface area contributed by atoms with Crippen molar-refractivity contribution in [2.24, 2.45) is 0 Å². The van der Waals surface area contributed by atoms with Gasteiger partial charge >= 0.3 is 0 Å². The molecule has 4 rings (SSSR count). The lowest BCUT2D eigenvalue weighted by Gasteiger charge is -2.24. The Kier molecular flexibility index (Phi) is 4.72. The summed E-state index contributed by atoms with van der Waals surface area (Å²) in [6.07, 6.45) is 0. The molecule has 0 bridgehead atoms. The average molecular weight is 378 g/mol. The van der Waals surface area contributed by atoms with Gasteiger partial charge in [-0.25, -0.2) is 4.98 Å². The van der Waals surface area contributed by atoms with E-state index in [0.29, 0.717) is 12.3 Å². The van der Waals surface area contributed by atoms with E-state index in [-0.39, 0.29) is 6.04 Å². The molecule has 5 heteroatoms. The van der Waals surface area contributed by atoms with Gasteiger partial charge < -0.3 is 9.84 Å². The SMILES string of the molecule is COc1ccc2ccc(O)c(CN(C)[C@@H](C)c3nc4ccccc4s3)c2c1. The first kappa shape index (κ1) is 17.8. The van der Waals surface area contributed by atoms with Gasteiger partial charge in [0.25, 0.3) is 0 Å². The summed E-state index contributed by atoms with van der Waals surface area (Å²) in [5.41, 5.74) is 1.94. The number of aromatic hydroxyl groups is 1. The smallest absolute Gasteiger partial charge is 0.120 e. The van der Waals surface area contributed by atoms with Gasteiger partial charge in [-0.3, -0.25) is 4.90 Å². The van der Waals surface area contributed by atoms with Gasteiger partial charge in [-0.2, -0.15) is 0 Å². The Hall–Kier alpha value is -2.63. The fraction of sp³-hybridized carbons (Fsp3) is 0.227. The highest BCUT2D eigenvalue weighted by Gasteiger charge is 2.19. The molecule has 0 saturated carbocycles. The van der Waals surface area contributed by atoms with Gasteiger partial charge in [0.1, 0.15) is 16.5 Å². The van der Waals surface area contributed by atoms with Crippen LogP contribution in [-0.2, 0) is 6.54 Å². The Morgan fingerprint density at radius 1 is 1.15 bits per heavy atom. The maximum Gasteiger partial charge on any atom is 0.120 e. The van der Waals surface area contributed by atoms with Crippen molar-refractivity contribution in [1.82, 2.24) is 9.88 Å². The van der Waals surface area contributed by atoms with E-state index >= 15 is 0 Å². The zero-order chi connectivity index (χ0) is 19.0. The van der Waals surface area contributed by atoms with Crippen molar-refractivity contribution in [2.75, 3.05) is 14.2 Å². The Morgan fingerprint density at radius 2 is 1.93 bits per heavy atom. The standard InChI is InChI=1S/C22H22N2O2S/c1-14(22-23-19-6-4-5-7-21(19)27-22)24(2)13-18-17-12-16(26-3)10-8-15(17)9-11-20(18)25/h4-12,14,25H,13H2,1-3H3/t14-/m0/s1. The number of thiazole rings is 1. The maximum atomic E-state index is 10.5. The Morgan fingerprint density at radius 3 is 2.70 bits per heavy atom. The second-order valence-electron chi connectivity index (χ2n) is 6.76. The lowest BCUT2D eigenvalue weighted by Crippen LogP contribution is -2.22. The summed E-state index contributed by atoms with van der Waals surface area (Å²) in [7, 11) is 3.72. The number of aromatic nitrogens is 1. The van der Waals surface area contributed by atoms with E-state index in [9.17, 15) is 5.11 Å². The average Bonchev–Trinajstić information content (AvgIpc) is 3.13. The van der Waals surface area contributed by atoms with Crippen LogP contribution in [0.15, 0.2) is 54.6 Å². The van der Waals surface area contributed by atoms with E-state index in [1.54, 1.807) is 24.5 Å². The predicted molar refractivity (Wildman–Crippen MR) is 112 cm³/mol. The Labute approximate surface area is 162 Å². The summed E-state index contributed by atoms with van der Waals surface area (Å²) >= 11 is 1.72. The highest BCUT2D eigenvalue weighted by atomic mass is 32.1. The molecule has 0 fully saturated rings. The molecule has 0 saturated heterocycles. The molecule has 0 radical (unpaired) electrons. The lowest BCUT2D eigenvalue weighted by atomic mass is 10.0. The third kappa shape index (κ3) is 3.36. The number of fused-ring (bicyclic) bond motifs is 2. The molecule has 0 aliphatic carbocycles. The second kappa shape index (κ2) is 7.18. The molecule has 1 atom stereocenters. The van der Waals surface area contributed by atoms with Crippen LogP contribution in [0.5, 0.6) is 11.5 Å². The summed E-state index contributed by atoms with van der Waals surface area (Å²) in [6, 6.07) is 18.0. The summed E-state index contributed by atoms with van der Waals surface area (Å²) in [5, 5.41) is 13.7. The molecule has 1 heterocycles. The van der Waals surface area contributed by atoms with Crippen LogP contribution in [0.1, 0.15) is 23.5 Å². The number of phenols is 1. The van der Waals surface area contributed by atoms with Gasteiger partial charge in [0.2, 0.25) is 0 Å². The molecule has 0 aliphatic heterocycles. The quantitative estimate of drug-likeness (QED) is 0.508. The van der Waals surface area contributed by atoms with E-state index in [0.717, 1.165) is 32.6 Å². The van der Waals surface area contributed by atoms with Gasteiger partial charge in [-0.15, -0.1) is 11.3 Å². The highest BCUT2D eigenvalue weighted by Crippen LogP contribution is 2.34. The molecule has 0 spiro atoms. The largest absolute Gasteiger partial charge is 0.508 e. The summed E-state index contributed by atoms with van der Waals surface area (Å²) in [5.74, 6) is 1.09. The fourth-order valence-electron chi connectivity index (χ4n) is 3.29. The Bertz CT molecular complexity index is 1070. The maximum absolute atomic E-state index is 10.5. The zero-order valence-electron chi connectivity index (χ0n) is 15.6.